The van der Waals surface area contributed by atoms with Gasteiger partial charge in [0.2, 0.25) is 0 Å². The molecule has 0 saturated carbocycles. The molecular weight excluding hydrogens is 709 g/mol. The first kappa shape index (κ1) is 55.4. The molecular formula is C51H98O6. The molecule has 0 saturated heterocycles. The lowest BCUT2D eigenvalue weighted by Crippen LogP contribution is -2.30. The molecule has 57 heavy (non-hydrogen) atoms. The van der Waals surface area contributed by atoms with Crippen LogP contribution < -0.4 is 0 Å². The summed E-state index contributed by atoms with van der Waals surface area (Å²) in [4.78, 5) is 37.8. The Bertz CT molecular complexity index is 872. The Hall–Kier alpha value is -1.59. The van der Waals surface area contributed by atoms with Crippen LogP contribution in [-0.4, -0.2) is 37.2 Å². The summed E-state index contributed by atoms with van der Waals surface area (Å²) in [6, 6.07) is 0. The zero-order valence-corrected chi connectivity index (χ0v) is 39.0. The maximum Gasteiger partial charge on any atom is 0.306 e. The van der Waals surface area contributed by atoms with Gasteiger partial charge in [-0.1, -0.05) is 240 Å². The van der Waals surface area contributed by atoms with Gasteiger partial charge in [0.25, 0.3) is 0 Å². The van der Waals surface area contributed by atoms with Gasteiger partial charge in [-0.25, -0.2) is 0 Å². The van der Waals surface area contributed by atoms with Crippen molar-refractivity contribution in [3.63, 3.8) is 0 Å². The fourth-order valence-corrected chi connectivity index (χ4v) is 7.60. The van der Waals surface area contributed by atoms with Crippen LogP contribution in [0.15, 0.2) is 0 Å². The van der Waals surface area contributed by atoms with Crippen LogP contribution in [0.4, 0.5) is 0 Å². The molecule has 6 heteroatoms. The number of rotatable bonds is 45. The second-order valence-corrected chi connectivity index (χ2v) is 18.2. The van der Waals surface area contributed by atoms with Crippen molar-refractivity contribution in [2.75, 3.05) is 13.2 Å². The minimum Gasteiger partial charge on any atom is -0.462 e. The third-order valence-electron chi connectivity index (χ3n) is 11.8. The van der Waals surface area contributed by atoms with E-state index >= 15 is 0 Å². The van der Waals surface area contributed by atoms with E-state index in [2.05, 4.69) is 34.6 Å². The first-order valence-corrected chi connectivity index (χ1v) is 25.3. The highest BCUT2D eigenvalue weighted by Gasteiger charge is 2.19. The molecule has 338 valence electrons. The van der Waals surface area contributed by atoms with Crippen LogP contribution in [0.25, 0.3) is 0 Å². The van der Waals surface area contributed by atoms with E-state index in [9.17, 15) is 14.4 Å². The summed E-state index contributed by atoms with van der Waals surface area (Å²) in [6.45, 7) is 11.3. The lowest BCUT2D eigenvalue weighted by molar-refractivity contribution is -0.167. The molecule has 0 aromatic heterocycles. The molecule has 0 amide bonds. The molecule has 2 atom stereocenters. The van der Waals surface area contributed by atoms with Gasteiger partial charge in [0, 0.05) is 19.3 Å². The number of esters is 3. The Morgan fingerprint density at radius 2 is 0.667 bits per heavy atom. The molecule has 0 radical (unpaired) electrons. The molecule has 1 unspecified atom stereocenters. The van der Waals surface area contributed by atoms with Gasteiger partial charge in [-0.2, -0.15) is 0 Å². The van der Waals surface area contributed by atoms with Crippen molar-refractivity contribution in [1.82, 2.24) is 0 Å². The molecule has 0 aromatic carbocycles. The van der Waals surface area contributed by atoms with Crippen LogP contribution in [0.2, 0.25) is 0 Å². The van der Waals surface area contributed by atoms with E-state index < -0.39 is 6.10 Å². The first-order chi connectivity index (χ1) is 27.8. The lowest BCUT2D eigenvalue weighted by atomic mass is 10.00. The van der Waals surface area contributed by atoms with E-state index in [0.29, 0.717) is 19.3 Å². The summed E-state index contributed by atoms with van der Waals surface area (Å²) in [5.41, 5.74) is 0. The average Bonchev–Trinajstić information content (AvgIpc) is 3.19. The highest BCUT2D eigenvalue weighted by Crippen LogP contribution is 2.17. The molecule has 0 aliphatic carbocycles. The van der Waals surface area contributed by atoms with E-state index in [-0.39, 0.29) is 31.1 Å². The number of hydrogen-bond donors (Lipinski definition) is 0. The molecule has 0 fully saturated rings. The van der Waals surface area contributed by atoms with Crippen molar-refractivity contribution in [3.8, 4) is 0 Å². The van der Waals surface area contributed by atoms with Gasteiger partial charge in [-0.05, 0) is 31.1 Å². The maximum absolute atomic E-state index is 12.8. The Labute approximate surface area is 355 Å². The van der Waals surface area contributed by atoms with E-state index in [1.54, 1.807) is 0 Å². The summed E-state index contributed by atoms with van der Waals surface area (Å²) in [5.74, 6) is 0.805. The zero-order valence-electron chi connectivity index (χ0n) is 39.0. The molecule has 0 aromatic rings. The predicted molar refractivity (Wildman–Crippen MR) is 243 cm³/mol. The van der Waals surface area contributed by atoms with E-state index in [0.717, 1.165) is 69.6 Å². The minimum atomic E-state index is -0.761. The van der Waals surface area contributed by atoms with Crippen LogP contribution in [0, 0.1) is 11.8 Å². The van der Waals surface area contributed by atoms with Crippen LogP contribution >= 0.6 is 0 Å². The van der Waals surface area contributed by atoms with Gasteiger partial charge < -0.3 is 14.2 Å². The summed E-state index contributed by atoms with van der Waals surface area (Å²) in [5, 5.41) is 0. The molecule has 0 heterocycles. The van der Waals surface area contributed by atoms with E-state index in [1.165, 1.54) is 167 Å². The summed E-state index contributed by atoms with van der Waals surface area (Å²) in [6.07, 6.45) is 43.7. The summed E-state index contributed by atoms with van der Waals surface area (Å²) >= 11 is 0. The SMILES string of the molecule is CCCCCCCCCCCCCCC(=O)OC[C@H](COC(=O)CCCCCCCCC(C)CC)OC(=O)CCCCCCCCCCCCCCCCC(C)C. The van der Waals surface area contributed by atoms with Gasteiger partial charge in [0.1, 0.15) is 13.2 Å². The second-order valence-electron chi connectivity index (χ2n) is 18.2. The van der Waals surface area contributed by atoms with Crippen molar-refractivity contribution in [3.05, 3.63) is 0 Å². The van der Waals surface area contributed by atoms with Gasteiger partial charge in [0.15, 0.2) is 6.10 Å². The predicted octanol–water partition coefficient (Wildman–Crippen LogP) is 16.1. The largest absolute Gasteiger partial charge is 0.462 e. The van der Waals surface area contributed by atoms with Crippen LogP contribution in [0.5, 0.6) is 0 Å². The molecule has 0 rings (SSSR count). The van der Waals surface area contributed by atoms with Gasteiger partial charge in [-0.3, -0.25) is 14.4 Å². The quantitative estimate of drug-likeness (QED) is 0.0346. The first-order valence-electron chi connectivity index (χ1n) is 25.3. The zero-order chi connectivity index (χ0) is 41.9. The topological polar surface area (TPSA) is 78.9 Å². The number of carbonyl (C=O) groups is 3. The molecule has 0 N–H and O–H groups in total. The third-order valence-corrected chi connectivity index (χ3v) is 11.8. The highest BCUT2D eigenvalue weighted by atomic mass is 16.6. The average molecular weight is 807 g/mol. The molecule has 0 aliphatic heterocycles. The smallest absolute Gasteiger partial charge is 0.306 e. The Morgan fingerprint density at radius 3 is 1.00 bits per heavy atom. The van der Waals surface area contributed by atoms with Crippen molar-refractivity contribution < 1.29 is 28.6 Å². The van der Waals surface area contributed by atoms with Crippen LogP contribution in [0.3, 0.4) is 0 Å². The lowest BCUT2D eigenvalue weighted by Gasteiger charge is -2.18. The van der Waals surface area contributed by atoms with Gasteiger partial charge >= 0.3 is 17.9 Å². The standard InChI is InChI=1S/C51H98O6/c1-6-8-9-10-11-12-13-19-22-25-31-36-41-49(52)55-44-48(45-56-50(53)42-37-32-28-27-30-35-40-47(5)7-2)57-51(54)43-38-33-26-23-20-17-15-14-16-18-21-24-29-34-39-46(3)4/h46-48H,6-45H2,1-5H3/t47?,48-/m1/s1. The monoisotopic (exact) mass is 807 g/mol. The van der Waals surface area contributed by atoms with Crippen LogP contribution in [-0.2, 0) is 28.6 Å². The normalized spacial score (nSPS) is 12.5. The summed E-state index contributed by atoms with van der Waals surface area (Å²) < 4.78 is 16.8. The summed E-state index contributed by atoms with van der Waals surface area (Å²) in [7, 11) is 0. The number of ether oxygens (including phenoxy) is 3. The fourth-order valence-electron chi connectivity index (χ4n) is 7.60. The molecule has 0 bridgehead atoms. The molecule has 0 spiro atoms. The fraction of sp³-hybridized carbons (Fsp3) is 0.941. The van der Waals surface area contributed by atoms with E-state index in [1.807, 2.05) is 0 Å². The third kappa shape index (κ3) is 43.8. The van der Waals surface area contributed by atoms with Crippen molar-refractivity contribution in [1.29, 1.82) is 0 Å². The Kier molecular flexibility index (Phi) is 42.7. The highest BCUT2D eigenvalue weighted by molar-refractivity contribution is 5.71. The number of hydrogen-bond acceptors (Lipinski definition) is 6. The number of unbranched alkanes of at least 4 members (excludes halogenated alkanes) is 29. The van der Waals surface area contributed by atoms with Crippen molar-refractivity contribution >= 4 is 17.9 Å². The van der Waals surface area contributed by atoms with Crippen molar-refractivity contribution in [2.24, 2.45) is 11.8 Å². The molecule has 6 nitrogen and oxygen atoms in total. The Morgan fingerprint density at radius 1 is 0.368 bits per heavy atom. The Balaban J connectivity index is 4.29. The van der Waals surface area contributed by atoms with Gasteiger partial charge in [0.05, 0.1) is 0 Å². The second kappa shape index (κ2) is 44.0. The molecule has 0 aliphatic rings. The number of carbonyl (C=O) groups excluding carboxylic acids is 3. The van der Waals surface area contributed by atoms with E-state index in [4.69, 9.17) is 14.2 Å². The van der Waals surface area contributed by atoms with Crippen molar-refractivity contribution in [2.45, 2.75) is 285 Å². The van der Waals surface area contributed by atoms with Crippen LogP contribution in [0.1, 0.15) is 279 Å². The minimum absolute atomic E-state index is 0.0644. The maximum atomic E-state index is 12.8. The van der Waals surface area contributed by atoms with Gasteiger partial charge in [-0.15, -0.1) is 0 Å².